The number of benzene rings is 1. The van der Waals surface area contributed by atoms with Crippen LogP contribution < -0.4 is 5.32 Å². The number of nitrogens with one attached hydrogen (secondary N) is 1. The minimum absolute atomic E-state index is 0.539. The molecule has 0 radical (unpaired) electrons. The van der Waals surface area contributed by atoms with E-state index in [2.05, 4.69) is 53.5 Å². The van der Waals surface area contributed by atoms with E-state index in [1.54, 1.807) is 6.33 Å². The largest absolute Gasteiger partial charge is 0.319 e. The third-order valence-electron chi connectivity index (χ3n) is 3.60. The molecule has 0 aliphatic carbocycles. The minimum Gasteiger partial charge on any atom is -0.319 e. The number of nitrogens with zero attached hydrogens (tertiary/aromatic N) is 3. The topological polar surface area (TPSA) is 42.7 Å². The normalized spacial score (nSPS) is 12.6. The SMILES string of the molecule is CCn1ncnc1CC(CNC)Cc1ccc(C)cc1. The second kappa shape index (κ2) is 7.20. The standard InChI is InChI=1S/C16H24N4/c1-4-20-16(18-12-19-20)10-15(11-17-3)9-14-7-5-13(2)6-8-14/h5-8,12,15,17H,4,9-11H2,1-3H3. The molecule has 1 unspecified atom stereocenters. The van der Waals surface area contributed by atoms with E-state index in [4.69, 9.17) is 0 Å². The van der Waals surface area contributed by atoms with Crippen LogP contribution in [-0.2, 0) is 19.4 Å². The zero-order chi connectivity index (χ0) is 14.4. The van der Waals surface area contributed by atoms with Crippen molar-refractivity contribution >= 4 is 0 Å². The van der Waals surface area contributed by atoms with Crippen molar-refractivity contribution in [2.24, 2.45) is 5.92 Å². The van der Waals surface area contributed by atoms with Gasteiger partial charge in [0.2, 0.25) is 0 Å². The quantitative estimate of drug-likeness (QED) is 0.840. The zero-order valence-electron chi connectivity index (χ0n) is 12.6. The molecule has 0 saturated heterocycles. The van der Waals surface area contributed by atoms with Crippen molar-refractivity contribution in [3.05, 3.63) is 47.5 Å². The molecule has 1 heterocycles. The summed E-state index contributed by atoms with van der Waals surface area (Å²) in [7, 11) is 2.01. The van der Waals surface area contributed by atoms with Gasteiger partial charge in [0, 0.05) is 13.0 Å². The molecule has 1 aromatic carbocycles. The van der Waals surface area contributed by atoms with Crippen molar-refractivity contribution < 1.29 is 0 Å². The third-order valence-corrected chi connectivity index (χ3v) is 3.60. The lowest BCUT2D eigenvalue weighted by molar-refractivity contribution is 0.464. The Hall–Kier alpha value is -1.68. The van der Waals surface area contributed by atoms with Gasteiger partial charge < -0.3 is 5.32 Å². The van der Waals surface area contributed by atoms with E-state index in [1.165, 1.54) is 11.1 Å². The van der Waals surface area contributed by atoms with Crippen LogP contribution >= 0.6 is 0 Å². The Balaban J connectivity index is 2.05. The third kappa shape index (κ3) is 3.90. The Morgan fingerprint density at radius 2 is 1.95 bits per heavy atom. The molecule has 1 N–H and O–H groups in total. The summed E-state index contributed by atoms with van der Waals surface area (Å²) < 4.78 is 1.98. The monoisotopic (exact) mass is 272 g/mol. The van der Waals surface area contributed by atoms with Gasteiger partial charge in [-0.05, 0) is 45.3 Å². The van der Waals surface area contributed by atoms with Crippen LogP contribution in [0.3, 0.4) is 0 Å². The predicted molar refractivity (Wildman–Crippen MR) is 81.7 cm³/mol. The van der Waals surface area contributed by atoms with E-state index in [9.17, 15) is 0 Å². The fourth-order valence-electron chi connectivity index (χ4n) is 2.53. The maximum atomic E-state index is 4.39. The first-order valence-corrected chi connectivity index (χ1v) is 7.29. The van der Waals surface area contributed by atoms with Gasteiger partial charge in [0.15, 0.2) is 0 Å². The van der Waals surface area contributed by atoms with E-state index < -0.39 is 0 Å². The van der Waals surface area contributed by atoms with E-state index in [1.807, 2.05) is 11.7 Å². The van der Waals surface area contributed by atoms with Gasteiger partial charge in [-0.25, -0.2) is 4.98 Å². The van der Waals surface area contributed by atoms with Crippen molar-refractivity contribution in [3.8, 4) is 0 Å². The van der Waals surface area contributed by atoms with Crippen molar-refractivity contribution in [1.82, 2.24) is 20.1 Å². The molecule has 0 spiro atoms. The molecule has 4 nitrogen and oxygen atoms in total. The second-order valence-electron chi connectivity index (χ2n) is 5.31. The fraction of sp³-hybridized carbons (Fsp3) is 0.500. The van der Waals surface area contributed by atoms with Gasteiger partial charge >= 0.3 is 0 Å². The fourth-order valence-corrected chi connectivity index (χ4v) is 2.53. The molecule has 0 saturated carbocycles. The van der Waals surface area contributed by atoms with Gasteiger partial charge in [-0.2, -0.15) is 5.10 Å². The van der Waals surface area contributed by atoms with Crippen LogP contribution in [0.25, 0.3) is 0 Å². The number of rotatable bonds is 7. The van der Waals surface area contributed by atoms with Crippen LogP contribution in [0.4, 0.5) is 0 Å². The highest BCUT2D eigenvalue weighted by molar-refractivity contribution is 5.21. The lowest BCUT2D eigenvalue weighted by atomic mass is 9.95. The molecule has 1 atom stereocenters. The van der Waals surface area contributed by atoms with Crippen LogP contribution in [0.5, 0.6) is 0 Å². The average Bonchev–Trinajstić information content (AvgIpc) is 2.89. The second-order valence-corrected chi connectivity index (χ2v) is 5.31. The van der Waals surface area contributed by atoms with Crippen molar-refractivity contribution in [3.63, 3.8) is 0 Å². The first-order valence-electron chi connectivity index (χ1n) is 7.29. The Kier molecular flexibility index (Phi) is 5.30. The molecular formula is C16H24N4. The number of aromatic nitrogens is 3. The van der Waals surface area contributed by atoms with E-state index in [-0.39, 0.29) is 0 Å². The van der Waals surface area contributed by atoms with Gasteiger partial charge in [0.25, 0.3) is 0 Å². The molecule has 0 amide bonds. The summed E-state index contributed by atoms with van der Waals surface area (Å²) in [6, 6.07) is 8.81. The molecule has 2 rings (SSSR count). The van der Waals surface area contributed by atoms with Crippen LogP contribution in [0.15, 0.2) is 30.6 Å². The molecule has 1 aromatic heterocycles. The summed E-state index contributed by atoms with van der Waals surface area (Å²) in [5.41, 5.74) is 2.70. The molecule has 4 heteroatoms. The zero-order valence-corrected chi connectivity index (χ0v) is 12.6. The summed E-state index contributed by atoms with van der Waals surface area (Å²) in [6.07, 6.45) is 3.68. The molecule has 2 aromatic rings. The summed E-state index contributed by atoms with van der Waals surface area (Å²) in [5, 5.41) is 7.54. The van der Waals surface area contributed by atoms with Gasteiger partial charge in [-0.15, -0.1) is 0 Å². The molecule has 0 aliphatic rings. The Morgan fingerprint density at radius 1 is 1.20 bits per heavy atom. The summed E-state index contributed by atoms with van der Waals surface area (Å²) in [6.45, 7) is 6.10. The van der Waals surface area contributed by atoms with E-state index in [0.717, 1.165) is 31.8 Å². The highest BCUT2D eigenvalue weighted by atomic mass is 15.3. The lowest BCUT2D eigenvalue weighted by Gasteiger charge is -2.16. The van der Waals surface area contributed by atoms with Crippen molar-refractivity contribution in [2.75, 3.05) is 13.6 Å². The summed E-state index contributed by atoms with van der Waals surface area (Å²) >= 11 is 0. The predicted octanol–water partition coefficient (Wildman–Crippen LogP) is 2.23. The Bertz CT molecular complexity index is 516. The maximum absolute atomic E-state index is 4.39. The Labute approximate surface area is 121 Å². The van der Waals surface area contributed by atoms with Gasteiger partial charge in [0.1, 0.15) is 12.2 Å². The molecule has 20 heavy (non-hydrogen) atoms. The minimum atomic E-state index is 0.539. The molecule has 108 valence electrons. The first kappa shape index (κ1) is 14.7. The number of hydrogen-bond donors (Lipinski definition) is 1. The highest BCUT2D eigenvalue weighted by Gasteiger charge is 2.13. The van der Waals surface area contributed by atoms with Gasteiger partial charge in [-0.3, -0.25) is 4.68 Å². The van der Waals surface area contributed by atoms with E-state index in [0.29, 0.717) is 5.92 Å². The highest BCUT2D eigenvalue weighted by Crippen LogP contribution is 2.14. The van der Waals surface area contributed by atoms with Gasteiger partial charge in [-0.1, -0.05) is 29.8 Å². The van der Waals surface area contributed by atoms with E-state index >= 15 is 0 Å². The van der Waals surface area contributed by atoms with Crippen molar-refractivity contribution in [2.45, 2.75) is 33.2 Å². The first-order chi connectivity index (χ1) is 9.72. The average molecular weight is 272 g/mol. The molecule has 0 fully saturated rings. The van der Waals surface area contributed by atoms with Crippen LogP contribution in [0.2, 0.25) is 0 Å². The lowest BCUT2D eigenvalue weighted by Crippen LogP contribution is -2.24. The van der Waals surface area contributed by atoms with Crippen LogP contribution in [0.1, 0.15) is 23.9 Å². The van der Waals surface area contributed by atoms with Crippen LogP contribution in [-0.4, -0.2) is 28.4 Å². The molecular weight excluding hydrogens is 248 g/mol. The smallest absolute Gasteiger partial charge is 0.138 e. The number of hydrogen-bond acceptors (Lipinski definition) is 3. The summed E-state index contributed by atoms with van der Waals surface area (Å²) in [5.74, 6) is 1.62. The molecule has 0 bridgehead atoms. The summed E-state index contributed by atoms with van der Waals surface area (Å²) in [4.78, 5) is 4.39. The Morgan fingerprint density at radius 3 is 2.60 bits per heavy atom. The maximum Gasteiger partial charge on any atom is 0.138 e. The van der Waals surface area contributed by atoms with Crippen molar-refractivity contribution in [1.29, 1.82) is 0 Å². The van der Waals surface area contributed by atoms with Crippen LogP contribution in [0, 0.1) is 12.8 Å². The van der Waals surface area contributed by atoms with Gasteiger partial charge in [0.05, 0.1) is 0 Å². The molecule has 0 aliphatic heterocycles. The number of aryl methyl sites for hydroxylation is 2.